The van der Waals surface area contributed by atoms with Gasteiger partial charge in [-0.1, -0.05) is 17.7 Å². The standard InChI is InChI=1S/C16H19N3O2/c1-11-3-5-12(6-4-11)21-10-16(7-8-16)14-9-13(15(17)20)18-19(14)2/h3-6,9H,7-8,10H2,1-2H3,(H2,17,20). The Bertz CT molecular complexity index is 669. The molecule has 0 atom stereocenters. The van der Waals surface area contributed by atoms with E-state index in [1.165, 1.54) is 5.56 Å². The molecule has 1 amide bonds. The summed E-state index contributed by atoms with van der Waals surface area (Å²) >= 11 is 0. The molecule has 1 aromatic carbocycles. The Labute approximate surface area is 123 Å². The van der Waals surface area contributed by atoms with E-state index in [0.717, 1.165) is 24.3 Å². The van der Waals surface area contributed by atoms with Crippen LogP contribution >= 0.6 is 0 Å². The first-order valence-electron chi connectivity index (χ1n) is 7.04. The monoisotopic (exact) mass is 285 g/mol. The molecule has 1 aliphatic rings. The van der Waals surface area contributed by atoms with Crippen molar-refractivity contribution >= 4 is 5.91 Å². The van der Waals surface area contributed by atoms with Crippen molar-refractivity contribution in [3.05, 3.63) is 47.3 Å². The van der Waals surface area contributed by atoms with Gasteiger partial charge in [0.25, 0.3) is 5.91 Å². The normalized spacial score (nSPS) is 15.7. The Hall–Kier alpha value is -2.30. The van der Waals surface area contributed by atoms with Crippen molar-refractivity contribution in [2.45, 2.75) is 25.2 Å². The Balaban J connectivity index is 1.75. The fraction of sp³-hybridized carbons (Fsp3) is 0.375. The van der Waals surface area contributed by atoms with Gasteiger partial charge < -0.3 is 10.5 Å². The van der Waals surface area contributed by atoms with Crippen LogP contribution in [0.2, 0.25) is 0 Å². The van der Waals surface area contributed by atoms with Crippen LogP contribution in [-0.4, -0.2) is 22.3 Å². The minimum atomic E-state index is -0.493. The number of rotatable bonds is 5. The third-order valence-electron chi connectivity index (χ3n) is 4.07. The van der Waals surface area contributed by atoms with Crippen LogP contribution in [0.4, 0.5) is 0 Å². The van der Waals surface area contributed by atoms with Gasteiger partial charge >= 0.3 is 0 Å². The largest absolute Gasteiger partial charge is 0.493 e. The number of nitrogens with zero attached hydrogens (tertiary/aromatic N) is 2. The van der Waals surface area contributed by atoms with Gasteiger partial charge in [-0.15, -0.1) is 0 Å². The molecule has 5 heteroatoms. The van der Waals surface area contributed by atoms with Crippen molar-refractivity contribution in [1.29, 1.82) is 0 Å². The summed E-state index contributed by atoms with van der Waals surface area (Å²) in [7, 11) is 1.84. The van der Waals surface area contributed by atoms with Gasteiger partial charge in [-0.2, -0.15) is 5.10 Å². The average Bonchev–Trinajstić information content (AvgIpc) is 3.13. The zero-order chi connectivity index (χ0) is 15.0. The Morgan fingerprint density at radius 1 is 1.38 bits per heavy atom. The highest BCUT2D eigenvalue weighted by Gasteiger charge is 2.48. The van der Waals surface area contributed by atoms with Gasteiger partial charge in [-0.05, 0) is 38.0 Å². The van der Waals surface area contributed by atoms with Crippen molar-refractivity contribution in [2.75, 3.05) is 6.61 Å². The predicted octanol–water partition coefficient (Wildman–Crippen LogP) is 1.94. The van der Waals surface area contributed by atoms with E-state index in [1.807, 2.05) is 38.2 Å². The van der Waals surface area contributed by atoms with Crippen molar-refractivity contribution in [1.82, 2.24) is 9.78 Å². The lowest BCUT2D eigenvalue weighted by molar-refractivity contribution is 0.0995. The molecule has 1 saturated carbocycles. The zero-order valence-corrected chi connectivity index (χ0v) is 12.3. The molecule has 0 spiro atoms. The van der Waals surface area contributed by atoms with Gasteiger partial charge in [0.15, 0.2) is 0 Å². The van der Waals surface area contributed by atoms with Crippen LogP contribution in [-0.2, 0) is 12.5 Å². The molecular weight excluding hydrogens is 266 g/mol. The zero-order valence-electron chi connectivity index (χ0n) is 12.3. The maximum atomic E-state index is 11.2. The fourth-order valence-corrected chi connectivity index (χ4v) is 2.57. The lowest BCUT2D eigenvalue weighted by Crippen LogP contribution is -2.21. The average molecular weight is 285 g/mol. The lowest BCUT2D eigenvalue weighted by atomic mass is 10.0. The molecule has 1 fully saturated rings. The predicted molar refractivity (Wildman–Crippen MR) is 79.3 cm³/mol. The van der Waals surface area contributed by atoms with E-state index in [4.69, 9.17) is 10.5 Å². The molecular formula is C16H19N3O2. The number of nitrogens with two attached hydrogens (primary N) is 1. The number of ether oxygens (including phenoxy) is 1. The summed E-state index contributed by atoms with van der Waals surface area (Å²) in [5.41, 5.74) is 7.79. The number of carbonyl (C=O) groups is 1. The molecule has 0 bridgehead atoms. The summed E-state index contributed by atoms with van der Waals surface area (Å²) < 4.78 is 7.65. The van der Waals surface area contributed by atoms with E-state index in [9.17, 15) is 4.79 Å². The van der Waals surface area contributed by atoms with Crippen LogP contribution < -0.4 is 10.5 Å². The number of carbonyl (C=O) groups excluding carboxylic acids is 1. The molecule has 5 nitrogen and oxygen atoms in total. The van der Waals surface area contributed by atoms with Crippen molar-refractivity contribution in [2.24, 2.45) is 12.8 Å². The molecule has 2 N–H and O–H groups in total. The highest BCUT2D eigenvalue weighted by molar-refractivity contribution is 5.90. The van der Waals surface area contributed by atoms with E-state index in [2.05, 4.69) is 5.10 Å². The first kappa shape index (κ1) is 13.7. The lowest BCUT2D eigenvalue weighted by Gasteiger charge is -2.16. The SMILES string of the molecule is Cc1ccc(OCC2(c3cc(C(N)=O)nn3C)CC2)cc1. The molecule has 1 heterocycles. The fourth-order valence-electron chi connectivity index (χ4n) is 2.57. The van der Waals surface area contributed by atoms with Crippen LogP contribution in [0.15, 0.2) is 30.3 Å². The van der Waals surface area contributed by atoms with Gasteiger partial charge in [-0.25, -0.2) is 0 Å². The highest BCUT2D eigenvalue weighted by atomic mass is 16.5. The van der Waals surface area contributed by atoms with Gasteiger partial charge in [0, 0.05) is 18.2 Å². The van der Waals surface area contributed by atoms with E-state index in [1.54, 1.807) is 10.7 Å². The molecule has 110 valence electrons. The van der Waals surface area contributed by atoms with Crippen LogP contribution in [0, 0.1) is 6.92 Å². The van der Waals surface area contributed by atoms with E-state index >= 15 is 0 Å². The van der Waals surface area contributed by atoms with E-state index in [-0.39, 0.29) is 5.41 Å². The number of primary amides is 1. The number of aromatic nitrogens is 2. The van der Waals surface area contributed by atoms with Crippen molar-refractivity contribution < 1.29 is 9.53 Å². The van der Waals surface area contributed by atoms with Crippen LogP contribution in [0.1, 0.15) is 34.6 Å². The van der Waals surface area contributed by atoms with Gasteiger partial charge in [0.05, 0.1) is 6.61 Å². The van der Waals surface area contributed by atoms with Crippen LogP contribution in [0.3, 0.4) is 0 Å². The minimum Gasteiger partial charge on any atom is -0.493 e. The number of hydrogen-bond acceptors (Lipinski definition) is 3. The first-order chi connectivity index (χ1) is 10.00. The van der Waals surface area contributed by atoms with Gasteiger partial charge in [0.1, 0.15) is 11.4 Å². The highest BCUT2D eigenvalue weighted by Crippen LogP contribution is 2.48. The Morgan fingerprint density at radius 2 is 2.05 bits per heavy atom. The molecule has 3 rings (SSSR count). The number of hydrogen-bond donors (Lipinski definition) is 1. The molecule has 1 aliphatic carbocycles. The van der Waals surface area contributed by atoms with E-state index in [0.29, 0.717) is 12.3 Å². The van der Waals surface area contributed by atoms with Gasteiger partial charge in [0.2, 0.25) is 0 Å². The number of amides is 1. The van der Waals surface area contributed by atoms with Crippen LogP contribution in [0.25, 0.3) is 0 Å². The maximum absolute atomic E-state index is 11.2. The summed E-state index contributed by atoms with van der Waals surface area (Å²) in [6, 6.07) is 9.80. The summed E-state index contributed by atoms with van der Waals surface area (Å²) in [5.74, 6) is 0.372. The number of benzene rings is 1. The summed E-state index contributed by atoms with van der Waals surface area (Å²) in [6.45, 7) is 2.64. The molecule has 21 heavy (non-hydrogen) atoms. The third-order valence-corrected chi connectivity index (χ3v) is 4.07. The maximum Gasteiger partial charge on any atom is 0.269 e. The molecule has 2 aromatic rings. The quantitative estimate of drug-likeness (QED) is 0.912. The number of aryl methyl sites for hydroxylation is 2. The smallest absolute Gasteiger partial charge is 0.269 e. The molecule has 1 aromatic heterocycles. The topological polar surface area (TPSA) is 70.1 Å². The van der Waals surface area contributed by atoms with Gasteiger partial charge in [-0.3, -0.25) is 9.48 Å². The molecule has 0 aliphatic heterocycles. The van der Waals surface area contributed by atoms with Crippen molar-refractivity contribution in [3.8, 4) is 5.75 Å². The molecule has 0 saturated heterocycles. The summed E-state index contributed by atoms with van der Waals surface area (Å²) in [4.78, 5) is 11.2. The second kappa shape index (κ2) is 4.91. The van der Waals surface area contributed by atoms with Crippen LogP contribution in [0.5, 0.6) is 5.75 Å². The van der Waals surface area contributed by atoms with E-state index < -0.39 is 5.91 Å². The second-order valence-electron chi connectivity index (χ2n) is 5.78. The Kier molecular flexibility index (Phi) is 3.20. The second-order valence-corrected chi connectivity index (χ2v) is 5.78. The Morgan fingerprint density at radius 3 is 2.57 bits per heavy atom. The molecule has 0 radical (unpaired) electrons. The summed E-state index contributed by atoms with van der Waals surface area (Å²) in [5, 5.41) is 4.17. The molecule has 0 unspecified atom stereocenters. The first-order valence-corrected chi connectivity index (χ1v) is 7.04. The van der Waals surface area contributed by atoms with Crippen molar-refractivity contribution in [3.63, 3.8) is 0 Å². The third kappa shape index (κ3) is 2.63. The summed E-state index contributed by atoms with van der Waals surface area (Å²) in [6.07, 6.45) is 2.08. The minimum absolute atomic E-state index is 0.0413.